The van der Waals surface area contributed by atoms with E-state index in [1.807, 2.05) is 6.92 Å². The third-order valence-corrected chi connectivity index (χ3v) is 9.31. The number of thiazole rings is 1. The van der Waals surface area contributed by atoms with Crippen molar-refractivity contribution in [1.82, 2.24) is 4.98 Å². The van der Waals surface area contributed by atoms with Crippen LogP contribution < -0.4 is 0 Å². The summed E-state index contributed by atoms with van der Waals surface area (Å²) in [7, 11) is -1.88. The Morgan fingerprint density at radius 3 is 2.25 bits per heavy atom. The van der Waals surface area contributed by atoms with Crippen LogP contribution in [0, 0.1) is 0 Å². The highest BCUT2D eigenvalue weighted by atomic mass is 32.1. The lowest BCUT2D eigenvalue weighted by atomic mass is 10.2. The summed E-state index contributed by atoms with van der Waals surface area (Å²) in [5.41, 5.74) is -0.809. The molecular formula is C13H22F3NOSSi. The van der Waals surface area contributed by atoms with Gasteiger partial charge in [-0.05, 0) is 18.1 Å². The smallest absolute Gasteiger partial charge is 0.416 e. The molecule has 1 rings (SSSR count). The molecule has 0 aliphatic rings. The zero-order valence-electron chi connectivity index (χ0n) is 12.8. The summed E-state index contributed by atoms with van der Waals surface area (Å²) in [6, 6.07) is 0. The van der Waals surface area contributed by atoms with E-state index in [4.69, 9.17) is 4.43 Å². The molecule has 1 aromatic heterocycles. The molecule has 0 radical (unpaired) electrons. The van der Waals surface area contributed by atoms with Gasteiger partial charge in [-0.3, -0.25) is 0 Å². The number of hydrogen-bond acceptors (Lipinski definition) is 3. The molecule has 0 aromatic carbocycles. The Hall–Kier alpha value is -0.403. The van der Waals surface area contributed by atoms with Crippen LogP contribution in [-0.4, -0.2) is 19.9 Å². The van der Waals surface area contributed by atoms with E-state index in [0.29, 0.717) is 11.6 Å². The molecule has 0 bridgehead atoms. The first-order chi connectivity index (χ1) is 8.84. The third kappa shape index (κ3) is 4.29. The Bertz CT molecular complexity index is 451. The number of halogens is 3. The Labute approximate surface area is 123 Å². The van der Waals surface area contributed by atoms with Crippen molar-refractivity contribution >= 4 is 19.7 Å². The molecule has 7 heteroatoms. The molecule has 116 valence electrons. The summed E-state index contributed by atoms with van der Waals surface area (Å²) >= 11 is 1.05. The maximum Gasteiger partial charge on any atom is 0.434 e. The van der Waals surface area contributed by atoms with Gasteiger partial charge < -0.3 is 4.43 Å². The predicted molar refractivity (Wildman–Crippen MR) is 78.7 cm³/mol. The van der Waals surface area contributed by atoms with E-state index >= 15 is 0 Å². The number of nitrogens with zero attached hydrogens (tertiary/aromatic N) is 1. The average molecular weight is 325 g/mol. The topological polar surface area (TPSA) is 22.1 Å². The summed E-state index contributed by atoms with van der Waals surface area (Å²) in [5.74, 6) is -0.120. The lowest BCUT2D eigenvalue weighted by Gasteiger charge is -2.36. The van der Waals surface area contributed by atoms with Gasteiger partial charge in [-0.25, -0.2) is 4.98 Å². The predicted octanol–water partition coefficient (Wildman–Crippen LogP) is 5.29. The highest BCUT2D eigenvalue weighted by molar-refractivity contribution is 7.09. The third-order valence-electron chi connectivity index (χ3n) is 3.73. The maximum absolute atomic E-state index is 12.5. The summed E-state index contributed by atoms with van der Waals surface area (Å²) in [5, 5.41) is 1.64. The fraction of sp³-hybridized carbons (Fsp3) is 0.769. The number of alkyl halides is 3. The lowest BCUT2D eigenvalue weighted by molar-refractivity contribution is -0.140. The van der Waals surface area contributed by atoms with Gasteiger partial charge in [-0.15, -0.1) is 11.3 Å². The molecule has 1 aromatic rings. The normalized spacial score (nSPS) is 15.4. The van der Waals surface area contributed by atoms with E-state index in [2.05, 4.69) is 38.8 Å². The second-order valence-electron chi connectivity index (χ2n) is 6.54. The fourth-order valence-corrected chi connectivity index (χ4v) is 3.24. The van der Waals surface area contributed by atoms with Crippen LogP contribution in [-0.2, 0) is 10.6 Å². The van der Waals surface area contributed by atoms with Crippen LogP contribution in [0.15, 0.2) is 5.38 Å². The van der Waals surface area contributed by atoms with Gasteiger partial charge in [0.05, 0.1) is 5.01 Å². The van der Waals surface area contributed by atoms with Gasteiger partial charge in [-0.2, -0.15) is 13.2 Å². The van der Waals surface area contributed by atoms with E-state index in [-0.39, 0.29) is 11.0 Å². The standard InChI is InChI=1S/C13H22F3NOSSi/c1-9(7-18-20(5,6)12(2,3)4)11-17-10(8-19-11)13(14,15)16/h8-9H,7H2,1-6H3. The molecule has 0 aliphatic heterocycles. The van der Waals surface area contributed by atoms with Crippen molar-refractivity contribution in [1.29, 1.82) is 0 Å². The molecule has 0 saturated heterocycles. The monoisotopic (exact) mass is 325 g/mol. The van der Waals surface area contributed by atoms with Gasteiger partial charge in [0, 0.05) is 17.9 Å². The second kappa shape index (κ2) is 5.77. The van der Waals surface area contributed by atoms with E-state index in [1.54, 1.807) is 0 Å². The van der Waals surface area contributed by atoms with Crippen LogP contribution in [0.1, 0.15) is 44.3 Å². The second-order valence-corrected chi connectivity index (χ2v) is 12.2. The maximum atomic E-state index is 12.5. The van der Waals surface area contributed by atoms with Crippen molar-refractivity contribution in [2.24, 2.45) is 0 Å². The van der Waals surface area contributed by atoms with Crippen LogP contribution in [0.3, 0.4) is 0 Å². The van der Waals surface area contributed by atoms with Crippen molar-refractivity contribution in [2.75, 3.05) is 6.61 Å². The highest BCUT2D eigenvalue weighted by Crippen LogP contribution is 2.38. The fourth-order valence-electron chi connectivity index (χ4n) is 1.27. The highest BCUT2D eigenvalue weighted by Gasteiger charge is 2.38. The van der Waals surface area contributed by atoms with Crippen LogP contribution in [0.2, 0.25) is 18.1 Å². The molecule has 1 atom stereocenters. The minimum Gasteiger partial charge on any atom is -0.416 e. The Morgan fingerprint density at radius 2 is 1.85 bits per heavy atom. The number of aromatic nitrogens is 1. The zero-order valence-corrected chi connectivity index (χ0v) is 14.6. The molecule has 0 spiro atoms. The van der Waals surface area contributed by atoms with E-state index < -0.39 is 20.2 Å². The van der Waals surface area contributed by atoms with E-state index in [9.17, 15) is 13.2 Å². The molecular weight excluding hydrogens is 303 g/mol. The quantitative estimate of drug-likeness (QED) is 0.702. The molecule has 0 aliphatic carbocycles. The average Bonchev–Trinajstić information content (AvgIpc) is 2.73. The summed E-state index contributed by atoms with van der Waals surface area (Å²) in [4.78, 5) is 3.67. The first-order valence-electron chi connectivity index (χ1n) is 6.51. The van der Waals surface area contributed by atoms with Gasteiger partial charge in [0.2, 0.25) is 0 Å². The van der Waals surface area contributed by atoms with E-state index in [1.165, 1.54) is 0 Å². The van der Waals surface area contributed by atoms with Crippen LogP contribution in [0.25, 0.3) is 0 Å². The number of hydrogen-bond donors (Lipinski definition) is 0. The van der Waals surface area contributed by atoms with E-state index in [0.717, 1.165) is 16.7 Å². The van der Waals surface area contributed by atoms with Gasteiger partial charge in [-0.1, -0.05) is 27.7 Å². The van der Waals surface area contributed by atoms with Gasteiger partial charge >= 0.3 is 6.18 Å². The molecule has 0 amide bonds. The molecule has 0 fully saturated rings. The van der Waals surface area contributed by atoms with Crippen molar-refractivity contribution in [3.05, 3.63) is 16.1 Å². The summed E-state index contributed by atoms with van der Waals surface area (Å²) in [6.07, 6.45) is -4.37. The summed E-state index contributed by atoms with van der Waals surface area (Å²) in [6.45, 7) is 12.9. The first kappa shape index (κ1) is 17.6. The van der Waals surface area contributed by atoms with Gasteiger partial charge in [0.15, 0.2) is 14.0 Å². The van der Waals surface area contributed by atoms with Gasteiger partial charge in [0.25, 0.3) is 0 Å². The first-order valence-corrected chi connectivity index (χ1v) is 10.3. The largest absolute Gasteiger partial charge is 0.434 e. The van der Waals surface area contributed by atoms with Gasteiger partial charge in [0.1, 0.15) is 0 Å². The molecule has 0 saturated carbocycles. The lowest BCUT2D eigenvalue weighted by Crippen LogP contribution is -2.41. The van der Waals surface area contributed by atoms with Crippen LogP contribution in [0.4, 0.5) is 13.2 Å². The minimum absolute atomic E-state index is 0.0900. The minimum atomic E-state index is -4.37. The Kier molecular flexibility index (Phi) is 5.09. The molecule has 1 heterocycles. The zero-order chi connectivity index (χ0) is 15.8. The van der Waals surface area contributed by atoms with Crippen molar-refractivity contribution < 1.29 is 17.6 Å². The van der Waals surface area contributed by atoms with Crippen LogP contribution >= 0.6 is 11.3 Å². The molecule has 2 nitrogen and oxygen atoms in total. The molecule has 0 N–H and O–H groups in total. The Morgan fingerprint density at radius 1 is 1.30 bits per heavy atom. The van der Waals surface area contributed by atoms with Crippen molar-refractivity contribution in [2.45, 2.75) is 57.9 Å². The molecule has 20 heavy (non-hydrogen) atoms. The summed E-state index contributed by atoms with van der Waals surface area (Å²) < 4.78 is 43.6. The van der Waals surface area contributed by atoms with Crippen molar-refractivity contribution in [3.8, 4) is 0 Å². The van der Waals surface area contributed by atoms with Crippen molar-refractivity contribution in [3.63, 3.8) is 0 Å². The Balaban J connectivity index is 2.69. The van der Waals surface area contributed by atoms with Crippen LogP contribution in [0.5, 0.6) is 0 Å². The molecule has 1 unspecified atom stereocenters. The number of rotatable bonds is 4. The SMILES string of the molecule is CC(CO[Si](C)(C)C(C)(C)C)c1nc(C(F)(F)F)cs1.